The fourth-order valence-electron chi connectivity index (χ4n) is 4.47. The van der Waals surface area contributed by atoms with Crippen molar-refractivity contribution >= 4 is 29.7 Å². The number of carboxylic acids is 1. The molecule has 13 N–H and O–H groups in total. The molecular formula is C30H39N9O7. The van der Waals surface area contributed by atoms with Gasteiger partial charge in [0, 0.05) is 31.3 Å². The molecule has 0 radical (unpaired) electrons. The third kappa shape index (κ3) is 11.5. The maximum Gasteiger partial charge on any atom is 0.326 e. The van der Waals surface area contributed by atoms with Crippen molar-refractivity contribution in [3.63, 3.8) is 0 Å². The van der Waals surface area contributed by atoms with Gasteiger partial charge in [0.05, 0.1) is 12.4 Å². The normalized spacial score (nSPS) is 13.4. The van der Waals surface area contributed by atoms with Crippen LogP contribution in [-0.2, 0) is 38.4 Å². The first-order valence-electron chi connectivity index (χ1n) is 14.4. The van der Waals surface area contributed by atoms with Gasteiger partial charge in [0.1, 0.15) is 29.6 Å². The molecular weight excluding hydrogens is 598 g/mol. The molecule has 16 heteroatoms. The minimum absolute atomic E-state index is 0.00789. The zero-order valence-corrected chi connectivity index (χ0v) is 24.9. The fraction of sp³-hybridized carbons (Fsp3) is 0.333. The molecule has 46 heavy (non-hydrogen) atoms. The molecule has 0 saturated carbocycles. The molecule has 0 fully saturated rings. The van der Waals surface area contributed by atoms with Crippen molar-refractivity contribution in [2.45, 2.75) is 56.3 Å². The monoisotopic (exact) mass is 637 g/mol. The number of nitrogens with one attached hydrogen (secondary N) is 4. The SMILES string of the molecule is NC(N)=NCCCC(NC(=O)C(N)Cc1ccc(O)cc1)C(=O)NC(Cc1ccc(O)cc1)C(=O)NC(Cc1cnc[nH]1)C(=O)O. The van der Waals surface area contributed by atoms with E-state index in [1.807, 2.05) is 0 Å². The van der Waals surface area contributed by atoms with Gasteiger partial charge < -0.3 is 53.5 Å². The number of H-pyrrole nitrogens is 1. The van der Waals surface area contributed by atoms with Crippen LogP contribution in [0.4, 0.5) is 0 Å². The number of hydrogen-bond acceptors (Lipinski definition) is 9. The fourth-order valence-corrected chi connectivity index (χ4v) is 4.47. The third-order valence-corrected chi connectivity index (χ3v) is 6.91. The van der Waals surface area contributed by atoms with Crippen molar-refractivity contribution in [1.82, 2.24) is 25.9 Å². The summed E-state index contributed by atoms with van der Waals surface area (Å²) in [5.74, 6) is -3.55. The predicted octanol–water partition coefficient (Wildman–Crippen LogP) is -1.23. The highest BCUT2D eigenvalue weighted by molar-refractivity contribution is 5.94. The average molecular weight is 638 g/mol. The van der Waals surface area contributed by atoms with Gasteiger partial charge in [-0.3, -0.25) is 19.4 Å². The molecule has 3 aromatic rings. The molecule has 3 amide bonds. The molecule has 0 aliphatic carbocycles. The Bertz CT molecular complexity index is 1480. The molecule has 0 aliphatic heterocycles. The summed E-state index contributed by atoms with van der Waals surface area (Å²) >= 11 is 0. The summed E-state index contributed by atoms with van der Waals surface area (Å²) < 4.78 is 0. The lowest BCUT2D eigenvalue weighted by Crippen LogP contribution is -2.58. The van der Waals surface area contributed by atoms with E-state index in [1.54, 1.807) is 24.3 Å². The number of phenols is 2. The van der Waals surface area contributed by atoms with Crippen LogP contribution in [0.2, 0.25) is 0 Å². The zero-order chi connectivity index (χ0) is 33.6. The van der Waals surface area contributed by atoms with Crippen LogP contribution in [0.25, 0.3) is 0 Å². The highest BCUT2D eigenvalue weighted by Gasteiger charge is 2.31. The summed E-state index contributed by atoms with van der Waals surface area (Å²) in [5.41, 5.74) is 18.6. The number of aliphatic imine (C=N–C) groups is 1. The number of aromatic nitrogens is 2. The van der Waals surface area contributed by atoms with E-state index in [0.29, 0.717) is 16.8 Å². The number of rotatable bonds is 17. The molecule has 246 valence electrons. The number of carbonyl (C=O) groups is 4. The first-order valence-corrected chi connectivity index (χ1v) is 14.4. The number of nitrogens with zero attached hydrogens (tertiary/aromatic N) is 2. The second-order valence-corrected chi connectivity index (χ2v) is 10.6. The number of amides is 3. The van der Waals surface area contributed by atoms with Crippen molar-refractivity contribution in [2.75, 3.05) is 6.54 Å². The van der Waals surface area contributed by atoms with Crippen LogP contribution in [0.3, 0.4) is 0 Å². The molecule has 3 rings (SSSR count). The van der Waals surface area contributed by atoms with E-state index in [4.69, 9.17) is 17.2 Å². The Hall–Kier alpha value is -5.64. The molecule has 0 bridgehead atoms. The van der Waals surface area contributed by atoms with Gasteiger partial charge in [-0.15, -0.1) is 0 Å². The predicted molar refractivity (Wildman–Crippen MR) is 167 cm³/mol. The zero-order valence-electron chi connectivity index (χ0n) is 24.9. The van der Waals surface area contributed by atoms with E-state index in [1.165, 1.54) is 36.8 Å². The number of phenolic OH excluding ortho intramolecular Hbond substituents is 2. The smallest absolute Gasteiger partial charge is 0.326 e. The van der Waals surface area contributed by atoms with E-state index in [-0.39, 0.29) is 56.1 Å². The highest BCUT2D eigenvalue weighted by atomic mass is 16.4. The minimum atomic E-state index is -1.35. The number of imidazole rings is 1. The Labute approximate surface area is 264 Å². The van der Waals surface area contributed by atoms with Crippen molar-refractivity contribution < 1.29 is 34.5 Å². The summed E-state index contributed by atoms with van der Waals surface area (Å²) in [6.07, 6.45) is 3.12. The van der Waals surface area contributed by atoms with Crippen molar-refractivity contribution in [3.05, 3.63) is 77.9 Å². The summed E-state index contributed by atoms with van der Waals surface area (Å²) in [4.78, 5) is 62.7. The van der Waals surface area contributed by atoms with E-state index >= 15 is 0 Å². The second kappa shape index (κ2) is 17.0. The van der Waals surface area contributed by atoms with E-state index in [9.17, 15) is 34.5 Å². The molecule has 4 atom stereocenters. The molecule has 4 unspecified atom stereocenters. The summed E-state index contributed by atoms with van der Waals surface area (Å²) in [6.45, 7) is 0.160. The third-order valence-electron chi connectivity index (χ3n) is 6.91. The average Bonchev–Trinajstić information content (AvgIpc) is 3.53. The van der Waals surface area contributed by atoms with Crippen LogP contribution >= 0.6 is 0 Å². The largest absolute Gasteiger partial charge is 0.508 e. The van der Waals surface area contributed by atoms with Crippen LogP contribution in [-0.4, -0.2) is 85.7 Å². The molecule has 0 saturated heterocycles. The van der Waals surface area contributed by atoms with Crippen LogP contribution in [0.15, 0.2) is 66.0 Å². The van der Waals surface area contributed by atoms with Gasteiger partial charge in [0.25, 0.3) is 0 Å². The number of hydrogen-bond donors (Lipinski definition) is 10. The van der Waals surface area contributed by atoms with Gasteiger partial charge in [0.15, 0.2) is 5.96 Å². The first-order chi connectivity index (χ1) is 21.9. The molecule has 1 aromatic heterocycles. The highest BCUT2D eigenvalue weighted by Crippen LogP contribution is 2.13. The summed E-state index contributed by atoms with van der Waals surface area (Å²) in [5, 5.41) is 36.7. The summed E-state index contributed by atoms with van der Waals surface area (Å²) in [7, 11) is 0. The lowest BCUT2D eigenvalue weighted by atomic mass is 10.0. The standard InChI is InChI=1S/C30H39N9O7/c31-22(12-17-3-7-20(40)8-4-17)26(42)37-23(2-1-11-35-30(32)33)27(43)38-24(13-18-5-9-21(41)10-6-18)28(44)39-25(29(45)46)14-19-15-34-16-36-19/h3-10,15-16,22-25,40-41H,1-2,11-14,31H2,(H,34,36)(H,37,42)(H,38,43)(H,39,44)(H,45,46)(H4,32,33,35). The van der Waals surface area contributed by atoms with E-state index in [2.05, 4.69) is 30.9 Å². The lowest BCUT2D eigenvalue weighted by Gasteiger charge is -2.25. The molecule has 0 spiro atoms. The topological polar surface area (TPSA) is 284 Å². The lowest BCUT2D eigenvalue weighted by molar-refractivity contribution is -0.142. The first kappa shape index (κ1) is 34.8. The van der Waals surface area contributed by atoms with Crippen LogP contribution in [0.1, 0.15) is 29.7 Å². The molecule has 0 aliphatic rings. The number of benzene rings is 2. The van der Waals surface area contributed by atoms with Gasteiger partial charge in [0.2, 0.25) is 17.7 Å². The minimum Gasteiger partial charge on any atom is -0.508 e. The number of aromatic hydroxyl groups is 2. The molecule has 2 aromatic carbocycles. The summed E-state index contributed by atoms with van der Waals surface area (Å²) in [6, 6.07) is 7.25. The van der Waals surface area contributed by atoms with Crippen LogP contribution < -0.4 is 33.2 Å². The number of aromatic amines is 1. The van der Waals surface area contributed by atoms with Crippen molar-refractivity contribution in [1.29, 1.82) is 0 Å². The van der Waals surface area contributed by atoms with Gasteiger partial charge >= 0.3 is 5.97 Å². The van der Waals surface area contributed by atoms with Crippen LogP contribution in [0, 0.1) is 0 Å². The Morgan fingerprint density at radius 2 is 1.33 bits per heavy atom. The Morgan fingerprint density at radius 1 is 0.783 bits per heavy atom. The molecule has 16 nitrogen and oxygen atoms in total. The van der Waals surface area contributed by atoms with Gasteiger partial charge in [-0.2, -0.15) is 0 Å². The Morgan fingerprint density at radius 3 is 1.87 bits per heavy atom. The number of carboxylic acid groups (broad SMARTS) is 1. The number of guanidine groups is 1. The van der Waals surface area contributed by atoms with E-state index in [0.717, 1.165) is 0 Å². The van der Waals surface area contributed by atoms with E-state index < -0.39 is 47.9 Å². The maximum absolute atomic E-state index is 13.6. The number of nitrogens with two attached hydrogens (primary N) is 3. The Balaban J connectivity index is 1.79. The van der Waals surface area contributed by atoms with Gasteiger partial charge in [-0.25, -0.2) is 9.78 Å². The quantitative estimate of drug-likeness (QED) is 0.0475. The maximum atomic E-state index is 13.6. The number of carbonyl (C=O) groups excluding carboxylic acids is 3. The van der Waals surface area contributed by atoms with Crippen molar-refractivity contribution in [3.8, 4) is 11.5 Å². The Kier molecular flexibility index (Phi) is 12.9. The second-order valence-electron chi connectivity index (χ2n) is 10.6. The van der Waals surface area contributed by atoms with Gasteiger partial charge in [-0.1, -0.05) is 24.3 Å². The van der Waals surface area contributed by atoms with Crippen molar-refractivity contribution in [2.24, 2.45) is 22.2 Å². The molecule has 1 heterocycles. The van der Waals surface area contributed by atoms with Gasteiger partial charge in [-0.05, 0) is 54.7 Å². The number of aliphatic carboxylic acids is 1. The van der Waals surface area contributed by atoms with Crippen LogP contribution in [0.5, 0.6) is 11.5 Å².